The third kappa shape index (κ3) is 5.70. The van der Waals surface area contributed by atoms with Crippen molar-refractivity contribution in [1.29, 1.82) is 0 Å². The van der Waals surface area contributed by atoms with Crippen LogP contribution in [-0.4, -0.2) is 47.6 Å². The van der Waals surface area contributed by atoms with Gasteiger partial charge < -0.3 is 15.3 Å². The largest absolute Gasteiger partial charge is 0.481 e. The molecule has 0 aromatic rings. The Morgan fingerprint density at radius 2 is 2.00 bits per heavy atom. The minimum Gasteiger partial charge on any atom is -0.481 e. The van der Waals surface area contributed by atoms with Gasteiger partial charge in [-0.25, -0.2) is 0 Å². The summed E-state index contributed by atoms with van der Waals surface area (Å²) in [5, 5.41) is 11.7. The van der Waals surface area contributed by atoms with E-state index < -0.39 is 5.97 Å². The normalized spacial score (nSPS) is 12.2. The monoisotopic (exact) mass is 230 g/mol. The van der Waals surface area contributed by atoms with E-state index in [1.54, 1.807) is 11.8 Å². The summed E-state index contributed by atoms with van der Waals surface area (Å²) in [6, 6.07) is -0.239. The van der Waals surface area contributed by atoms with E-state index in [-0.39, 0.29) is 18.4 Å². The number of nitrogens with one attached hydrogen (secondary N) is 1. The van der Waals surface area contributed by atoms with Crippen LogP contribution in [0.3, 0.4) is 0 Å². The number of carbonyl (C=O) groups excluding carboxylic acids is 1. The summed E-state index contributed by atoms with van der Waals surface area (Å²) < 4.78 is 0. The lowest BCUT2D eigenvalue weighted by molar-refractivity contribution is -0.140. The summed E-state index contributed by atoms with van der Waals surface area (Å²) in [7, 11) is 0. The molecule has 1 amide bonds. The van der Waals surface area contributed by atoms with E-state index in [9.17, 15) is 9.59 Å². The van der Waals surface area contributed by atoms with Crippen LogP contribution in [0.4, 0.5) is 0 Å². The van der Waals surface area contributed by atoms with E-state index in [0.29, 0.717) is 19.5 Å². The van der Waals surface area contributed by atoms with E-state index in [2.05, 4.69) is 5.32 Å². The van der Waals surface area contributed by atoms with Crippen LogP contribution < -0.4 is 5.32 Å². The second-order valence-electron chi connectivity index (χ2n) is 3.73. The molecule has 5 heteroatoms. The maximum atomic E-state index is 11.8. The van der Waals surface area contributed by atoms with E-state index >= 15 is 0 Å². The Bertz CT molecular complexity index is 231. The van der Waals surface area contributed by atoms with Gasteiger partial charge in [0.25, 0.3) is 0 Å². The predicted octanol–water partition coefficient (Wildman–Crippen LogP) is 0.698. The lowest BCUT2D eigenvalue weighted by Gasteiger charge is -2.27. The summed E-state index contributed by atoms with van der Waals surface area (Å²) >= 11 is 0. The highest BCUT2D eigenvalue weighted by atomic mass is 16.4. The number of rotatable bonds is 8. The Kier molecular flexibility index (Phi) is 7.54. The number of hydrogen-bond acceptors (Lipinski definition) is 3. The first-order chi connectivity index (χ1) is 7.52. The highest BCUT2D eigenvalue weighted by Gasteiger charge is 2.19. The van der Waals surface area contributed by atoms with Gasteiger partial charge in [0.05, 0.1) is 6.42 Å². The van der Waals surface area contributed by atoms with Crippen LogP contribution >= 0.6 is 0 Å². The molecule has 1 atom stereocenters. The van der Waals surface area contributed by atoms with Crippen LogP contribution in [0.5, 0.6) is 0 Å². The summed E-state index contributed by atoms with van der Waals surface area (Å²) in [6.07, 6.45) is 0.423. The minimum absolute atomic E-state index is 0.000780. The average molecular weight is 230 g/mol. The van der Waals surface area contributed by atoms with Crippen LogP contribution in [-0.2, 0) is 9.59 Å². The van der Waals surface area contributed by atoms with Crippen molar-refractivity contribution in [1.82, 2.24) is 10.2 Å². The Hall–Kier alpha value is -1.10. The van der Waals surface area contributed by atoms with E-state index in [1.807, 2.05) is 13.8 Å². The third-order valence-electron chi connectivity index (χ3n) is 2.43. The zero-order chi connectivity index (χ0) is 12.6. The molecule has 0 radical (unpaired) electrons. The molecular weight excluding hydrogens is 208 g/mol. The van der Waals surface area contributed by atoms with Gasteiger partial charge in [-0.15, -0.1) is 0 Å². The zero-order valence-corrected chi connectivity index (χ0v) is 10.3. The molecule has 0 aliphatic rings. The van der Waals surface area contributed by atoms with Crippen molar-refractivity contribution in [2.45, 2.75) is 39.7 Å². The van der Waals surface area contributed by atoms with Gasteiger partial charge in [-0.05, 0) is 20.4 Å². The molecule has 0 aromatic carbocycles. The summed E-state index contributed by atoms with van der Waals surface area (Å²) in [5.41, 5.74) is 0. The predicted molar refractivity (Wildman–Crippen MR) is 62.3 cm³/mol. The second kappa shape index (κ2) is 8.10. The Labute approximate surface area is 96.8 Å². The highest BCUT2D eigenvalue weighted by Crippen LogP contribution is 2.05. The fourth-order valence-corrected chi connectivity index (χ4v) is 1.61. The topological polar surface area (TPSA) is 69.6 Å². The zero-order valence-electron chi connectivity index (χ0n) is 10.3. The maximum Gasteiger partial charge on any atom is 0.305 e. The molecule has 0 rings (SSSR count). The van der Waals surface area contributed by atoms with Gasteiger partial charge in [-0.3, -0.25) is 9.59 Å². The SMILES string of the molecule is CCNCCC(=O)N(CC)C(C)CC(=O)O. The number of carboxylic acid groups (broad SMARTS) is 1. The number of nitrogens with zero attached hydrogens (tertiary/aromatic N) is 1. The average Bonchev–Trinajstić information content (AvgIpc) is 2.18. The number of carbonyl (C=O) groups is 2. The van der Waals surface area contributed by atoms with Crippen LogP contribution in [0, 0.1) is 0 Å². The number of amides is 1. The minimum atomic E-state index is -0.870. The quantitative estimate of drug-likeness (QED) is 0.602. The van der Waals surface area contributed by atoms with Crippen molar-refractivity contribution in [2.24, 2.45) is 0 Å². The molecule has 0 aromatic heterocycles. The third-order valence-corrected chi connectivity index (χ3v) is 2.43. The van der Waals surface area contributed by atoms with Gasteiger partial charge >= 0.3 is 5.97 Å². The molecule has 0 saturated carbocycles. The van der Waals surface area contributed by atoms with Gasteiger partial charge in [-0.2, -0.15) is 0 Å². The van der Waals surface area contributed by atoms with Gasteiger partial charge in [0.2, 0.25) is 5.91 Å². The molecule has 0 bridgehead atoms. The first-order valence-corrected chi connectivity index (χ1v) is 5.74. The van der Waals surface area contributed by atoms with Crippen molar-refractivity contribution in [2.75, 3.05) is 19.6 Å². The molecular formula is C11H22N2O3. The molecule has 0 spiro atoms. The fraction of sp³-hybridized carbons (Fsp3) is 0.818. The van der Waals surface area contributed by atoms with Gasteiger partial charge in [0.15, 0.2) is 0 Å². The molecule has 2 N–H and O–H groups in total. The van der Waals surface area contributed by atoms with Crippen LogP contribution in [0.15, 0.2) is 0 Å². The van der Waals surface area contributed by atoms with E-state index in [0.717, 1.165) is 6.54 Å². The van der Waals surface area contributed by atoms with E-state index in [1.165, 1.54) is 0 Å². The molecule has 94 valence electrons. The van der Waals surface area contributed by atoms with Crippen molar-refractivity contribution < 1.29 is 14.7 Å². The fourth-order valence-electron chi connectivity index (χ4n) is 1.61. The Balaban J connectivity index is 4.14. The molecule has 0 aliphatic carbocycles. The van der Waals surface area contributed by atoms with Crippen molar-refractivity contribution in [3.05, 3.63) is 0 Å². The van der Waals surface area contributed by atoms with Crippen LogP contribution in [0.2, 0.25) is 0 Å². The van der Waals surface area contributed by atoms with Gasteiger partial charge in [0, 0.05) is 25.6 Å². The van der Waals surface area contributed by atoms with Crippen molar-refractivity contribution >= 4 is 11.9 Å². The summed E-state index contributed by atoms with van der Waals surface area (Å²) in [4.78, 5) is 23.9. The summed E-state index contributed by atoms with van der Waals surface area (Å²) in [5.74, 6) is -0.859. The standard InChI is InChI=1S/C11H22N2O3/c1-4-12-7-6-10(14)13(5-2)9(3)8-11(15)16/h9,12H,4-8H2,1-3H3,(H,15,16). The Morgan fingerprint density at radius 1 is 1.38 bits per heavy atom. The van der Waals surface area contributed by atoms with Crippen LogP contribution in [0.25, 0.3) is 0 Å². The lowest BCUT2D eigenvalue weighted by atomic mass is 10.2. The molecule has 1 unspecified atom stereocenters. The van der Waals surface area contributed by atoms with Gasteiger partial charge in [0.1, 0.15) is 0 Å². The van der Waals surface area contributed by atoms with Crippen molar-refractivity contribution in [3.63, 3.8) is 0 Å². The number of hydrogen-bond donors (Lipinski definition) is 2. The molecule has 0 fully saturated rings. The lowest BCUT2D eigenvalue weighted by Crippen LogP contribution is -2.40. The van der Waals surface area contributed by atoms with Gasteiger partial charge in [-0.1, -0.05) is 6.92 Å². The second-order valence-corrected chi connectivity index (χ2v) is 3.73. The maximum absolute atomic E-state index is 11.8. The number of carboxylic acids is 1. The smallest absolute Gasteiger partial charge is 0.305 e. The first kappa shape index (κ1) is 14.9. The Morgan fingerprint density at radius 3 is 2.44 bits per heavy atom. The summed E-state index contributed by atoms with van der Waals surface area (Å²) in [6.45, 7) is 7.65. The molecule has 0 aliphatic heterocycles. The molecule has 5 nitrogen and oxygen atoms in total. The first-order valence-electron chi connectivity index (χ1n) is 5.74. The molecule has 16 heavy (non-hydrogen) atoms. The number of aliphatic carboxylic acids is 1. The highest BCUT2D eigenvalue weighted by molar-refractivity contribution is 5.77. The van der Waals surface area contributed by atoms with Crippen molar-refractivity contribution in [3.8, 4) is 0 Å². The molecule has 0 saturated heterocycles. The molecule has 0 heterocycles. The van der Waals surface area contributed by atoms with Crippen LogP contribution in [0.1, 0.15) is 33.6 Å². The van der Waals surface area contributed by atoms with E-state index in [4.69, 9.17) is 5.11 Å².